The molecule has 0 aromatic heterocycles. The predicted molar refractivity (Wildman–Crippen MR) is 62.6 cm³/mol. The summed E-state index contributed by atoms with van der Waals surface area (Å²) >= 11 is 0. The molecule has 5 nitrogen and oxygen atoms in total. The van der Waals surface area contributed by atoms with E-state index in [0.29, 0.717) is 5.69 Å². The molecule has 0 radical (unpaired) electrons. The average molecular weight is 239 g/mol. The third-order valence-corrected chi connectivity index (χ3v) is 2.91. The molecular weight excluding hydrogens is 225 g/mol. The molecular formula is C11H14FN3O2. The second-order valence-corrected chi connectivity index (χ2v) is 4.31. The zero-order chi connectivity index (χ0) is 12.4. The number of anilines is 1. The summed E-state index contributed by atoms with van der Waals surface area (Å²) in [6.07, 6.45) is 0.951. The maximum Gasteiger partial charge on any atom is 0.272 e. The van der Waals surface area contributed by atoms with Crippen LogP contribution in [0.5, 0.6) is 0 Å². The van der Waals surface area contributed by atoms with Gasteiger partial charge in [-0.25, -0.2) is 4.39 Å². The zero-order valence-corrected chi connectivity index (χ0v) is 9.52. The summed E-state index contributed by atoms with van der Waals surface area (Å²) in [5.41, 5.74) is 0.104. The largest absolute Gasteiger partial charge is 0.379 e. The first-order valence-corrected chi connectivity index (χ1v) is 5.45. The molecule has 1 aromatic rings. The van der Waals surface area contributed by atoms with E-state index in [2.05, 4.69) is 10.2 Å². The molecule has 1 saturated heterocycles. The molecule has 1 heterocycles. The van der Waals surface area contributed by atoms with Crippen molar-refractivity contribution in [2.24, 2.45) is 0 Å². The van der Waals surface area contributed by atoms with Crippen molar-refractivity contribution in [1.82, 2.24) is 4.90 Å². The first kappa shape index (κ1) is 11.8. The van der Waals surface area contributed by atoms with Gasteiger partial charge in [0, 0.05) is 18.7 Å². The normalized spacial score (nSPS) is 20.5. The number of likely N-dealkylation sites (tertiary alicyclic amines) is 1. The maximum absolute atomic E-state index is 13.6. The van der Waals surface area contributed by atoms with E-state index in [1.165, 1.54) is 12.1 Å². The number of nitrogens with zero attached hydrogens (tertiary/aromatic N) is 2. The number of hydrogen-bond acceptors (Lipinski definition) is 4. The number of nitro groups is 1. The van der Waals surface area contributed by atoms with Crippen LogP contribution in [-0.2, 0) is 0 Å². The molecule has 0 amide bonds. The van der Waals surface area contributed by atoms with Crippen LogP contribution in [0.25, 0.3) is 0 Å². The number of benzene rings is 1. The van der Waals surface area contributed by atoms with Crippen LogP contribution < -0.4 is 5.32 Å². The van der Waals surface area contributed by atoms with Crippen molar-refractivity contribution in [2.75, 3.05) is 25.5 Å². The minimum absolute atomic E-state index is 0.205. The highest BCUT2D eigenvalue weighted by molar-refractivity contribution is 5.50. The Labute approximate surface area is 98.4 Å². The van der Waals surface area contributed by atoms with Gasteiger partial charge in [-0.1, -0.05) is 0 Å². The molecule has 1 fully saturated rings. The molecule has 1 aliphatic rings. The lowest BCUT2D eigenvalue weighted by Crippen LogP contribution is -2.23. The van der Waals surface area contributed by atoms with Gasteiger partial charge in [0.2, 0.25) is 0 Å². The van der Waals surface area contributed by atoms with E-state index in [1.54, 1.807) is 0 Å². The first-order valence-electron chi connectivity index (χ1n) is 5.45. The zero-order valence-electron chi connectivity index (χ0n) is 9.52. The van der Waals surface area contributed by atoms with Gasteiger partial charge in [-0.15, -0.1) is 0 Å². The molecule has 1 aliphatic heterocycles. The first-order chi connectivity index (χ1) is 8.06. The molecule has 0 aliphatic carbocycles. The molecule has 1 unspecified atom stereocenters. The van der Waals surface area contributed by atoms with E-state index in [4.69, 9.17) is 0 Å². The van der Waals surface area contributed by atoms with Gasteiger partial charge in [0.15, 0.2) is 5.82 Å². The van der Waals surface area contributed by atoms with Gasteiger partial charge in [-0.3, -0.25) is 10.1 Å². The minimum atomic E-state index is -0.601. The highest BCUT2D eigenvalue weighted by Crippen LogP contribution is 2.22. The Bertz CT molecular complexity index is 439. The quantitative estimate of drug-likeness (QED) is 0.646. The molecule has 0 bridgehead atoms. The maximum atomic E-state index is 13.6. The SMILES string of the molecule is CN1CCC(Nc2ccc([N+](=O)[O-])cc2F)C1. The smallest absolute Gasteiger partial charge is 0.272 e. The highest BCUT2D eigenvalue weighted by Gasteiger charge is 2.20. The lowest BCUT2D eigenvalue weighted by atomic mass is 10.2. The number of rotatable bonds is 3. The van der Waals surface area contributed by atoms with Gasteiger partial charge >= 0.3 is 0 Å². The van der Waals surface area contributed by atoms with E-state index in [9.17, 15) is 14.5 Å². The van der Waals surface area contributed by atoms with Crippen molar-refractivity contribution in [1.29, 1.82) is 0 Å². The Morgan fingerprint density at radius 2 is 2.35 bits per heavy atom. The number of halogens is 1. The van der Waals surface area contributed by atoms with Crippen LogP contribution in [0.3, 0.4) is 0 Å². The van der Waals surface area contributed by atoms with E-state index < -0.39 is 10.7 Å². The summed E-state index contributed by atoms with van der Waals surface area (Å²) in [7, 11) is 2.01. The summed E-state index contributed by atoms with van der Waals surface area (Å²) < 4.78 is 13.6. The van der Waals surface area contributed by atoms with E-state index >= 15 is 0 Å². The van der Waals surface area contributed by atoms with Crippen molar-refractivity contribution in [3.63, 3.8) is 0 Å². The minimum Gasteiger partial charge on any atom is -0.379 e. The van der Waals surface area contributed by atoms with Crippen LogP contribution in [0.1, 0.15) is 6.42 Å². The fourth-order valence-corrected chi connectivity index (χ4v) is 2.01. The Morgan fingerprint density at radius 1 is 1.59 bits per heavy atom. The number of likely N-dealkylation sites (N-methyl/N-ethyl adjacent to an activating group) is 1. The summed E-state index contributed by atoms with van der Waals surface area (Å²) in [5, 5.41) is 13.5. The summed E-state index contributed by atoms with van der Waals surface area (Å²) in [6.45, 7) is 1.84. The molecule has 0 spiro atoms. The monoisotopic (exact) mass is 239 g/mol. The van der Waals surface area contributed by atoms with Crippen LogP contribution in [0.2, 0.25) is 0 Å². The summed E-state index contributed by atoms with van der Waals surface area (Å²) in [4.78, 5) is 12.0. The van der Waals surface area contributed by atoms with Crippen molar-refractivity contribution >= 4 is 11.4 Å². The second-order valence-electron chi connectivity index (χ2n) is 4.31. The molecule has 6 heteroatoms. The molecule has 17 heavy (non-hydrogen) atoms. The van der Waals surface area contributed by atoms with Crippen LogP contribution in [0.15, 0.2) is 18.2 Å². The predicted octanol–water partition coefficient (Wildman–Crippen LogP) is 1.85. The molecule has 1 aromatic carbocycles. The number of non-ortho nitro benzene ring substituents is 1. The van der Waals surface area contributed by atoms with Crippen LogP contribution in [-0.4, -0.2) is 36.0 Å². The number of nitro benzene ring substituents is 1. The van der Waals surface area contributed by atoms with Gasteiger partial charge in [0.05, 0.1) is 16.7 Å². The lowest BCUT2D eigenvalue weighted by molar-refractivity contribution is -0.385. The van der Waals surface area contributed by atoms with Crippen LogP contribution in [0, 0.1) is 15.9 Å². The van der Waals surface area contributed by atoms with E-state index in [1.807, 2.05) is 7.05 Å². The number of hydrogen-bond donors (Lipinski definition) is 1. The molecule has 92 valence electrons. The van der Waals surface area contributed by atoms with Crippen molar-refractivity contribution < 1.29 is 9.31 Å². The summed E-state index contributed by atoms with van der Waals surface area (Å²) in [5.74, 6) is -0.575. The summed E-state index contributed by atoms with van der Waals surface area (Å²) in [6, 6.07) is 3.88. The molecule has 0 saturated carbocycles. The molecule has 2 rings (SSSR count). The van der Waals surface area contributed by atoms with Gasteiger partial charge < -0.3 is 10.2 Å². The van der Waals surface area contributed by atoms with Crippen molar-refractivity contribution in [3.8, 4) is 0 Å². The Morgan fingerprint density at radius 3 is 2.88 bits per heavy atom. The van der Waals surface area contributed by atoms with E-state index in [-0.39, 0.29) is 11.7 Å². The van der Waals surface area contributed by atoms with Crippen molar-refractivity contribution in [3.05, 3.63) is 34.1 Å². The van der Waals surface area contributed by atoms with Crippen LogP contribution >= 0.6 is 0 Å². The lowest BCUT2D eigenvalue weighted by Gasteiger charge is -2.14. The molecule has 1 atom stereocenters. The Hall–Kier alpha value is -1.69. The van der Waals surface area contributed by atoms with E-state index in [0.717, 1.165) is 25.6 Å². The fourth-order valence-electron chi connectivity index (χ4n) is 2.01. The number of nitrogens with one attached hydrogen (secondary N) is 1. The van der Waals surface area contributed by atoms with Gasteiger partial charge in [-0.05, 0) is 26.1 Å². The van der Waals surface area contributed by atoms with Crippen LogP contribution in [0.4, 0.5) is 15.8 Å². The third kappa shape index (κ3) is 2.71. The highest BCUT2D eigenvalue weighted by atomic mass is 19.1. The fraction of sp³-hybridized carbons (Fsp3) is 0.455. The Balaban J connectivity index is 2.09. The van der Waals surface area contributed by atoms with Gasteiger partial charge in [-0.2, -0.15) is 0 Å². The standard InChI is InChI=1S/C11H14FN3O2/c1-14-5-4-8(7-14)13-11-3-2-9(15(16)17)6-10(11)12/h2-3,6,8,13H,4-5,7H2,1H3. The third-order valence-electron chi connectivity index (χ3n) is 2.91. The average Bonchev–Trinajstić information content (AvgIpc) is 2.67. The van der Waals surface area contributed by atoms with Crippen molar-refractivity contribution in [2.45, 2.75) is 12.5 Å². The van der Waals surface area contributed by atoms with Gasteiger partial charge in [0.25, 0.3) is 5.69 Å². The topological polar surface area (TPSA) is 58.4 Å². The Kier molecular flexibility index (Phi) is 3.23. The molecule has 1 N–H and O–H groups in total. The second kappa shape index (κ2) is 4.67. The van der Waals surface area contributed by atoms with Gasteiger partial charge in [0.1, 0.15) is 0 Å².